The molecule has 0 saturated heterocycles. The van der Waals surface area contributed by atoms with Crippen LogP contribution in [0.1, 0.15) is 30.9 Å². The van der Waals surface area contributed by atoms with Crippen LogP contribution in [0.25, 0.3) is 0 Å². The first-order chi connectivity index (χ1) is 10.3. The van der Waals surface area contributed by atoms with E-state index in [1.807, 2.05) is 13.8 Å². The average Bonchev–Trinajstić information content (AvgIpc) is 2.45. The van der Waals surface area contributed by atoms with Gasteiger partial charge >= 0.3 is 0 Å². The number of methoxy groups -OCH3 is 1. The molecule has 7 heteroatoms. The van der Waals surface area contributed by atoms with Crippen LogP contribution in [0.15, 0.2) is 17.0 Å². The number of aryl methyl sites for hydroxylation is 1. The lowest BCUT2D eigenvalue weighted by Gasteiger charge is -2.23. The number of aliphatic hydroxyl groups is 2. The highest BCUT2D eigenvalue weighted by molar-refractivity contribution is 7.89. The summed E-state index contributed by atoms with van der Waals surface area (Å²) in [5.41, 5.74) is 1.38. The number of hydrogen-bond acceptors (Lipinski definition) is 5. The summed E-state index contributed by atoms with van der Waals surface area (Å²) >= 11 is 0. The van der Waals surface area contributed by atoms with Crippen molar-refractivity contribution in [2.24, 2.45) is 0 Å². The quantitative estimate of drug-likeness (QED) is 0.745. The Morgan fingerprint density at radius 2 is 1.73 bits per heavy atom. The zero-order chi connectivity index (χ0) is 16.9. The van der Waals surface area contributed by atoms with Crippen molar-refractivity contribution >= 4 is 10.0 Å². The summed E-state index contributed by atoms with van der Waals surface area (Å²) in [5, 5.41) is 18.1. The normalized spacial score (nSPS) is 12.2. The van der Waals surface area contributed by atoms with Gasteiger partial charge in [0.15, 0.2) is 0 Å². The van der Waals surface area contributed by atoms with E-state index in [4.69, 9.17) is 14.9 Å². The summed E-state index contributed by atoms with van der Waals surface area (Å²) in [6.07, 6.45) is 0. The Labute approximate surface area is 132 Å². The standard InChI is InChI=1S/C15H25NO5S/c1-11(2)13-10-15(12(3)9-14(13)21-4)22(19,20)16(5-7-17)6-8-18/h9-11,17-18H,5-8H2,1-4H3. The van der Waals surface area contributed by atoms with Gasteiger partial charge in [-0.1, -0.05) is 13.8 Å². The largest absolute Gasteiger partial charge is 0.496 e. The number of aliphatic hydroxyl groups excluding tert-OH is 2. The molecule has 0 unspecified atom stereocenters. The zero-order valence-electron chi connectivity index (χ0n) is 13.5. The molecule has 0 aliphatic heterocycles. The fraction of sp³-hybridized carbons (Fsp3) is 0.600. The maximum absolute atomic E-state index is 12.8. The molecule has 0 heterocycles. The minimum absolute atomic E-state index is 0.0502. The van der Waals surface area contributed by atoms with Gasteiger partial charge in [-0.15, -0.1) is 0 Å². The average molecular weight is 331 g/mol. The number of hydrogen-bond donors (Lipinski definition) is 2. The number of rotatable bonds is 8. The van der Waals surface area contributed by atoms with Gasteiger partial charge in [-0.3, -0.25) is 0 Å². The molecule has 126 valence electrons. The van der Waals surface area contributed by atoms with Crippen LogP contribution in [0.4, 0.5) is 0 Å². The van der Waals surface area contributed by atoms with Gasteiger partial charge in [-0.2, -0.15) is 4.31 Å². The predicted molar refractivity (Wildman–Crippen MR) is 84.8 cm³/mol. The minimum atomic E-state index is -3.78. The van der Waals surface area contributed by atoms with E-state index >= 15 is 0 Å². The Hall–Kier alpha value is -1.15. The molecule has 0 radical (unpaired) electrons. The molecule has 1 rings (SSSR count). The third-order valence-corrected chi connectivity index (χ3v) is 5.51. The van der Waals surface area contributed by atoms with Crippen LogP contribution in [-0.2, 0) is 10.0 Å². The van der Waals surface area contributed by atoms with Crippen LogP contribution >= 0.6 is 0 Å². The van der Waals surface area contributed by atoms with E-state index in [0.29, 0.717) is 11.3 Å². The van der Waals surface area contributed by atoms with Crippen LogP contribution in [0, 0.1) is 6.92 Å². The second-order valence-corrected chi connectivity index (χ2v) is 7.27. The predicted octanol–water partition coefficient (Wildman–Crippen LogP) is 1.10. The van der Waals surface area contributed by atoms with Crippen molar-refractivity contribution in [1.82, 2.24) is 4.31 Å². The van der Waals surface area contributed by atoms with Crippen molar-refractivity contribution in [2.75, 3.05) is 33.4 Å². The summed E-state index contributed by atoms with van der Waals surface area (Å²) in [6.45, 7) is 4.93. The summed E-state index contributed by atoms with van der Waals surface area (Å²) in [6, 6.07) is 3.33. The highest BCUT2D eigenvalue weighted by Crippen LogP contribution is 2.32. The van der Waals surface area contributed by atoms with E-state index in [1.54, 1.807) is 26.2 Å². The van der Waals surface area contributed by atoms with Crippen LogP contribution in [-0.4, -0.2) is 56.3 Å². The molecule has 0 aromatic heterocycles. The molecule has 1 aromatic carbocycles. The fourth-order valence-corrected chi connectivity index (χ4v) is 3.96. The van der Waals surface area contributed by atoms with E-state index in [0.717, 1.165) is 9.87 Å². The third kappa shape index (κ3) is 3.98. The van der Waals surface area contributed by atoms with E-state index in [9.17, 15) is 8.42 Å². The fourth-order valence-electron chi connectivity index (χ4n) is 2.30. The van der Waals surface area contributed by atoms with Crippen molar-refractivity contribution in [3.05, 3.63) is 23.3 Å². The molecule has 0 aliphatic carbocycles. The van der Waals surface area contributed by atoms with Gasteiger partial charge < -0.3 is 14.9 Å². The van der Waals surface area contributed by atoms with Gasteiger partial charge in [-0.05, 0) is 36.1 Å². The number of sulfonamides is 1. The minimum Gasteiger partial charge on any atom is -0.496 e. The van der Waals surface area contributed by atoms with E-state index in [1.165, 1.54) is 0 Å². The number of benzene rings is 1. The first-order valence-electron chi connectivity index (χ1n) is 7.20. The second-order valence-electron chi connectivity index (χ2n) is 5.37. The topological polar surface area (TPSA) is 87.1 Å². The maximum atomic E-state index is 12.8. The van der Waals surface area contributed by atoms with Crippen molar-refractivity contribution in [3.8, 4) is 5.75 Å². The molecular formula is C15H25NO5S. The zero-order valence-corrected chi connectivity index (χ0v) is 14.4. The SMILES string of the molecule is COc1cc(C)c(S(=O)(=O)N(CCO)CCO)cc1C(C)C. The highest BCUT2D eigenvalue weighted by atomic mass is 32.2. The van der Waals surface area contributed by atoms with Crippen molar-refractivity contribution in [2.45, 2.75) is 31.6 Å². The molecule has 1 aromatic rings. The summed E-state index contributed by atoms with van der Waals surface area (Å²) in [4.78, 5) is 0.180. The molecule has 0 atom stereocenters. The molecule has 0 aliphatic rings. The molecule has 0 saturated carbocycles. The molecule has 0 amide bonds. The lowest BCUT2D eigenvalue weighted by molar-refractivity contribution is 0.217. The summed E-state index contributed by atoms with van der Waals surface area (Å²) < 4.78 is 32.0. The molecule has 22 heavy (non-hydrogen) atoms. The summed E-state index contributed by atoms with van der Waals surface area (Å²) in [5.74, 6) is 0.760. The lowest BCUT2D eigenvalue weighted by atomic mass is 10.0. The van der Waals surface area contributed by atoms with E-state index in [-0.39, 0.29) is 37.1 Å². The van der Waals surface area contributed by atoms with Gasteiger partial charge in [0, 0.05) is 13.1 Å². The van der Waals surface area contributed by atoms with Crippen molar-refractivity contribution < 1.29 is 23.4 Å². The first kappa shape index (κ1) is 18.9. The first-order valence-corrected chi connectivity index (χ1v) is 8.64. The number of nitrogens with zero attached hydrogens (tertiary/aromatic N) is 1. The molecule has 0 fully saturated rings. The second kappa shape index (κ2) is 7.92. The molecule has 6 nitrogen and oxygen atoms in total. The lowest BCUT2D eigenvalue weighted by Crippen LogP contribution is -2.36. The maximum Gasteiger partial charge on any atom is 0.243 e. The van der Waals surface area contributed by atoms with Crippen molar-refractivity contribution in [1.29, 1.82) is 0 Å². The van der Waals surface area contributed by atoms with Crippen LogP contribution in [0.5, 0.6) is 5.75 Å². The van der Waals surface area contributed by atoms with Crippen LogP contribution in [0.2, 0.25) is 0 Å². The Kier molecular flexibility index (Phi) is 6.80. The monoisotopic (exact) mass is 331 g/mol. The van der Waals surface area contributed by atoms with E-state index in [2.05, 4.69) is 0 Å². The molecule has 0 bridgehead atoms. The van der Waals surface area contributed by atoms with Crippen LogP contribution in [0.3, 0.4) is 0 Å². The summed E-state index contributed by atoms with van der Waals surface area (Å²) in [7, 11) is -2.23. The Bertz CT molecular complexity index is 592. The van der Waals surface area contributed by atoms with Gasteiger partial charge in [-0.25, -0.2) is 8.42 Å². The smallest absolute Gasteiger partial charge is 0.243 e. The number of ether oxygens (including phenoxy) is 1. The Morgan fingerprint density at radius 3 is 2.14 bits per heavy atom. The Morgan fingerprint density at radius 1 is 1.18 bits per heavy atom. The van der Waals surface area contributed by atoms with Crippen molar-refractivity contribution in [3.63, 3.8) is 0 Å². The highest BCUT2D eigenvalue weighted by Gasteiger charge is 2.27. The molecular weight excluding hydrogens is 306 g/mol. The third-order valence-electron chi connectivity index (χ3n) is 3.47. The Balaban J connectivity index is 3.43. The molecule has 0 spiro atoms. The molecule has 2 N–H and O–H groups in total. The van der Waals surface area contributed by atoms with Crippen LogP contribution < -0.4 is 4.74 Å². The van der Waals surface area contributed by atoms with Gasteiger partial charge in [0.25, 0.3) is 0 Å². The van der Waals surface area contributed by atoms with Gasteiger partial charge in [0.2, 0.25) is 10.0 Å². The van der Waals surface area contributed by atoms with Gasteiger partial charge in [0.1, 0.15) is 5.75 Å². The van der Waals surface area contributed by atoms with Gasteiger partial charge in [0.05, 0.1) is 25.2 Å². The van der Waals surface area contributed by atoms with E-state index < -0.39 is 10.0 Å².